The zero-order chi connectivity index (χ0) is 29.5. The maximum absolute atomic E-state index is 13.7. The number of benzene rings is 1. The van der Waals surface area contributed by atoms with E-state index in [2.05, 4.69) is 15.5 Å². The number of ether oxygens (including phenoxy) is 1. The molecule has 1 atom stereocenters. The van der Waals surface area contributed by atoms with E-state index >= 15 is 0 Å². The molecule has 4 heterocycles. The molecule has 212 valence electrons. The average molecular weight is 572 g/mol. The first-order chi connectivity index (χ1) is 19.5. The third kappa shape index (κ3) is 5.37. The van der Waals surface area contributed by atoms with E-state index in [1.807, 2.05) is 83.1 Å². The summed E-state index contributed by atoms with van der Waals surface area (Å²) in [7, 11) is 5.60. The Kier molecular flexibility index (Phi) is 7.48. The fourth-order valence-electron chi connectivity index (χ4n) is 4.83. The van der Waals surface area contributed by atoms with Gasteiger partial charge < -0.3 is 19.9 Å². The number of aromatic nitrogens is 4. The molecule has 0 saturated carbocycles. The number of carbonyl (C=O) groups is 2. The molecule has 11 heteroatoms. The van der Waals surface area contributed by atoms with Gasteiger partial charge in [0, 0.05) is 55.9 Å². The molecule has 0 saturated heterocycles. The van der Waals surface area contributed by atoms with Crippen LogP contribution in [0.1, 0.15) is 53.2 Å². The molecule has 1 aromatic carbocycles. The summed E-state index contributed by atoms with van der Waals surface area (Å²) in [6.45, 7) is 8.21. The van der Waals surface area contributed by atoms with Crippen molar-refractivity contribution in [3.63, 3.8) is 0 Å². The molecule has 10 nitrogen and oxygen atoms in total. The number of aryl methyl sites for hydroxylation is 1. The van der Waals surface area contributed by atoms with Gasteiger partial charge in [0.05, 0.1) is 11.1 Å². The van der Waals surface area contributed by atoms with Crippen LogP contribution in [0.5, 0.6) is 11.8 Å². The van der Waals surface area contributed by atoms with Crippen molar-refractivity contribution in [1.82, 2.24) is 25.1 Å². The zero-order valence-corrected chi connectivity index (χ0v) is 25.0. The van der Waals surface area contributed by atoms with Crippen molar-refractivity contribution in [2.75, 3.05) is 37.9 Å². The lowest BCUT2D eigenvalue weighted by atomic mass is 9.70. The van der Waals surface area contributed by atoms with E-state index in [0.29, 0.717) is 34.7 Å². The predicted octanol–water partition coefficient (Wildman–Crippen LogP) is 5.36. The van der Waals surface area contributed by atoms with Gasteiger partial charge in [0.25, 0.3) is 5.91 Å². The summed E-state index contributed by atoms with van der Waals surface area (Å²) in [6.07, 6.45) is 0. The average Bonchev–Trinajstić information content (AvgIpc) is 3.38. The second-order valence-electron chi connectivity index (χ2n) is 10.8. The smallest absolute Gasteiger partial charge is 0.253 e. The predicted molar refractivity (Wildman–Crippen MR) is 160 cm³/mol. The zero-order valence-electron chi connectivity index (χ0n) is 24.2. The summed E-state index contributed by atoms with van der Waals surface area (Å²) in [6, 6.07) is 15.1. The van der Waals surface area contributed by atoms with Crippen LogP contribution in [0.2, 0.25) is 0 Å². The van der Waals surface area contributed by atoms with Crippen molar-refractivity contribution < 1.29 is 14.3 Å². The minimum Gasteiger partial charge on any atom is -0.420 e. The summed E-state index contributed by atoms with van der Waals surface area (Å²) in [5.74, 6) is 0.898. The van der Waals surface area contributed by atoms with Crippen LogP contribution in [0.15, 0.2) is 48.5 Å². The van der Waals surface area contributed by atoms with Gasteiger partial charge in [0.2, 0.25) is 22.8 Å². The van der Waals surface area contributed by atoms with Crippen LogP contribution in [0, 0.1) is 12.3 Å². The lowest BCUT2D eigenvalue weighted by Crippen LogP contribution is -2.38. The number of hydrogen-bond acceptors (Lipinski definition) is 9. The van der Waals surface area contributed by atoms with Gasteiger partial charge in [-0.3, -0.25) is 9.59 Å². The fraction of sp³-hybridized carbons (Fsp3) is 0.333. The lowest BCUT2D eigenvalue weighted by Gasteiger charge is -2.37. The van der Waals surface area contributed by atoms with Crippen LogP contribution >= 0.6 is 11.3 Å². The Bertz CT molecular complexity index is 1610. The standard InChI is InChI=1S/C30H33N7O3S/c1-8-37(7)27(38)19-11-9-18(10-12-19)22-15-13-20-24(30(3,4)28(39)33-29-35-34-17(2)41-29)21-14-16-23(36(5)6)32-26(21)40-25(20)31-22/h9-16,24H,8H2,1-7H3,(H,33,35,39). The largest absolute Gasteiger partial charge is 0.420 e. The number of carbonyl (C=O) groups excluding carboxylic acids is 2. The van der Waals surface area contributed by atoms with Gasteiger partial charge in [0.15, 0.2) is 0 Å². The maximum atomic E-state index is 13.7. The summed E-state index contributed by atoms with van der Waals surface area (Å²) >= 11 is 1.33. The molecule has 1 aliphatic heterocycles. The van der Waals surface area contributed by atoms with Gasteiger partial charge >= 0.3 is 0 Å². The Morgan fingerprint density at radius 1 is 0.951 bits per heavy atom. The number of rotatable bonds is 7. The molecule has 0 aliphatic carbocycles. The van der Waals surface area contributed by atoms with E-state index in [1.54, 1.807) is 24.1 Å². The van der Waals surface area contributed by atoms with Crippen LogP contribution in [0.3, 0.4) is 0 Å². The summed E-state index contributed by atoms with van der Waals surface area (Å²) in [4.78, 5) is 39.4. The second kappa shape index (κ2) is 10.9. The van der Waals surface area contributed by atoms with Crippen molar-refractivity contribution in [3.8, 4) is 23.0 Å². The van der Waals surface area contributed by atoms with Gasteiger partial charge in [0.1, 0.15) is 10.8 Å². The van der Waals surface area contributed by atoms with Crippen LogP contribution in [0.25, 0.3) is 11.3 Å². The Morgan fingerprint density at radius 2 is 1.61 bits per heavy atom. The summed E-state index contributed by atoms with van der Waals surface area (Å²) in [5, 5.41) is 12.2. The monoisotopic (exact) mass is 571 g/mol. The minimum absolute atomic E-state index is 0.0350. The molecule has 3 aromatic heterocycles. The van der Waals surface area contributed by atoms with Crippen molar-refractivity contribution in [1.29, 1.82) is 0 Å². The Morgan fingerprint density at radius 3 is 2.22 bits per heavy atom. The normalized spacial score (nSPS) is 14.0. The molecule has 1 aliphatic rings. The van der Waals surface area contributed by atoms with Crippen LogP contribution < -0.4 is 15.0 Å². The van der Waals surface area contributed by atoms with Crippen LogP contribution in [0.4, 0.5) is 10.9 Å². The number of hydrogen-bond donors (Lipinski definition) is 1. The summed E-state index contributed by atoms with van der Waals surface area (Å²) < 4.78 is 6.30. The van der Waals surface area contributed by atoms with Gasteiger partial charge in [-0.05, 0) is 44.2 Å². The molecule has 0 fully saturated rings. The first kappa shape index (κ1) is 28.2. The Balaban J connectivity index is 1.55. The molecule has 5 rings (SSSR count). The molecular weight excluding hydrogens is 538 g/mol. The van der Waals surface area contributed by atoms with Crippen molar-refractivity contribution >= 4 is 34.1 Å². The lowest BCUT2D eigenvalue weighted by molar-refractivity contribution is -0.124. The molecule has 2 amide bonds. The molecule has 0 bridgehead atoms. The van der Waals surface area contributed by atoms with Crippen LogP contribution in [-0.2, 0) is 4.79 Å². The highest BCUT2D eigenvalue weighted by Gasteiger charge is 2.45. The van der Waals surface area contributed by atoms with E-state index in [4.69, 9.17) is 14.7 Å². The quantitative estimate of drug-likeness (QED) is 0.315. The van der Waals surface area contributed by atoms with E-state index in [1.165, 1.54) is 11.3 Å². The van der Waals surface area contributed by atoms with Gasteiger partial charge in [-0.1, -0.05) is 43.4 Å². The van der Waals surface area contributed by atoms with Crippen LogP contribution in [-0.4, -0.2) is 64.6 Å². The van der Waals surface area contributed by atoms with Crippen molar-refractivity contribution in [2.24, 2.45) is 5.41 Å². The Labute approximate surface area is 243 Å². The topological polar surface area (TPSA) is 113 Å². The minimum atomic E-state index is -0.926. The first-order valence-corrected chi connectivity index (χ1v) is 14.2. The van der Waals surface area contributed by atoms with E-state index in [-0.39, 0.29) is 11.8 Å². The van der Waals surface area contributed by atoms with Crippen molar-refractivity contribution in [3.05, 3.63) is 70.2 Å². The molecular formula is C30H33N7O3S. The molecule has 1 unspecified atom stereocenters. The summed E-state index contributed by atoms with van der Waals surface area (Å²) in [5.41, 5.74) is 2.79. The molecule has 41 heavy (non-hydrogen) atoms. The van der Waals surface area contributed by atoms with Gasteiger partial charge in [-0.25, -0.2) is 4.98 Å². The SMILES string of the molecule is CCN(C)C(=O)c1ccc(-c2ccc3c(n2)Oc2nc(N(C)C)ccc2C3C(C)(C)C(=O)Nc2nnc(C)s2)cc1. The third-order valence-electron chi connectivity index (χ3n) is 7.34. The van der Waals surface area contributed by atoms with Gasteiger partial charge in [-0.15, -0.1) is 10.2 Å². The highest BCUT2D eigenvalue weighted by molar-refractivity contribution is 7.15. The van der Waals surface area contributed by atoms with Gasteiger partial charge in [-0.2, -0.15) is 4.98 Å². The fourth-order valence-corrected chi connectivity index (χ4v) is 5.41. The molecule has 1 N–H and O–H groups in total. The number of fused-ring (bicyclic) bond motifs is 2. The number of nitrogens with zero attached hydrogens (tertiary/aromatic N) is 6. The molecule has 4 aromatic rings. The number of pyridine rings is 2. The highest BCUT2D eigenvalue weighted by Crippen LogP contribution is 2.51. The number of anilines is 2. The highest BCUT2D eigenvalue weighted by atomic mass is 32.1. The first-order valence-electron chi connectivity index (χ1n) is 13.3. The van der Waals surface area contributed by atoms with E-state index in [9.17, 15) is 9.59 Å². The number of amides is 2. The van der Waals surface area contributed by atoms with Crippen molar-refractivity contribution in [2.45, 2.75) is 33.6 Å². The van der Waals surface area contributed by atoms with E-state index in [0.717, 1.165) is 27.5 Å². The third-order valence-corrected chi connectivity index (χ3v) is 8.09. The van der Waals surface area contributed by atoms with E-state index < -0.39 is 11.3 Å². The maximum Gasteiger partial charge on any atom is 0.253 e. The molecule has 0 radical (unpaired) electrons. The Hall–Kier alpha value is -4.38. The molecule has 0 spiro atoms. The second-order valence-corrected chi connectivity index (χ2v) is 12.0. The number of nitrogens with one attached hydrogen (secondary N) is 1.